The Morgan fingerprint density at radius 1 is 1.55 bits per heavy atom. The summed E-state index contributed by atoms with van der Waals surface area (Å²) in [4.78, 5) is 19.0. The predicted molar refractivity (Wildman–Crippen MR) is 79.4 cm³/mol. The topological polar surface area (TPSA) is 58.4 Å². The maximum atomic E-state index is 11.7. The van der Waals surface area contributed by atoms with Crippen LogP contribution in [0.4, 0.5) is 0 Å². The second-order valence-corrected chi connectivity index (χ2v) is 5.96. The minimum Gasteiger partial charge on any atom is -0.444 e. The van der Waals surface area contributed by atoms with E-state index >= 15 is 0 Å². The zero-order valence-corrected chi connectivity index (χ0v) is 12.7. The third kappa shape index (κ3) is 4.18. The van der Waals surface area contributed by atoms with Crippen LogP contribution in [0.15, 0.2) is 28.2 Å². The normalized spacial score (nSPS) is 11.2. The third-order valence-corrected chi connectivity index (χ3v) is 3.44. The van der Waals surface area contributed by atoms with Crippen LogP contribution in [0, 0.1) is 0 Å². The number of carbonyl (C=O) groups is 1. The summed E-state index contributed by atoms with van der Waals surface area (Å²) in [7, 11) is 1.89. The van der Waals surface area contributed by atoms with Gasteiger partial charge in [-0.2, -0.15) is 0 Å². The van der Waals surface area contributed by atoms with Crippen molar-refractivity contribution in [2.24, 2.45) is 0 Å². The van der Waals surface area contributed by atoms with Crippen LogP contribution in [0.1, 0.15) is 19.5 Å². The van der Waals surface area contributed by atoms with Crippen molar-refractivity contribution in [1.29, 1.82) is 0 Å². The van der Waals surface area contributed by atoms with Crippen molar-refractivity contribution in [1.82, 2.24) is 15.2 Å². The van der Waals surface area contributed by atoms with E-state index in [1.807, 2.05) is 43.3 Å². The van der Waals surface area contributed by atoms with E-state index in [-0.39, 0.29) is 11.9 Å². The summed E-state index contributed by atoms with van der Waals surface area (Å²) in [6.45, 7) is 4.82. The summed E-state index contributed by atoms with van der Waals surface area (Å²) in [6.07, 6.45) is 1.64. The van der Waals surface area contributed by atoms with Gasteiger partial charge in [0.15, 0.2) is 0 Å². The van der Waals surface area contributed by atoms with E-state index in [4.69, 9.17) is 4.42 Å². The van der Waals surface area contributed by atoms with Crippen LogP contribution >= 0.6 is 11.3 Å². The molecule has 108 valence electrons. The number of rotatable bonds is 6. The van der Waals surface area contributed by atoms with Gasteiger partial charge in [-0.3, -0.25) is 9.69 Å². The molecular weight excluding hydrogens is 274 g/mol. The van der Waals surface area contributed by atoms with Crippen molar-refractivity contribution in [3.05, 3.63) is 29.5 Å². The minimum atomic E-state index is 0.0180. The molecule has 0 spiro atoms. The van der Waals surface area contributed by atoms with Crippen LogP contribution in [0.5, 0.6) is 0 Å². The Kier molecular flexibility index (Phi) is 4.92. The number of thiophene rings is 1. The molecule has 0 saturated heterocycles. The second-order valence-electron chi connectivity index (χ2n) is 5.02. The highest BCUT2D eigenvalue weighted by atomic mass is 32.1. The zero-order chi connectivity index (χ0) is 14.5. The number of carbonyl (C=O) groups excluding carboxylic acids is 1. The monoisotopic (exact) mass is 293 g/mol. The third-order valence-electron chi connectivity index (χ3n) is 2.58. The number of nitrogens with zero attached hydrogens (tertiary/aromatic N) is 2. The largest absolute Gasteiger partial charge is 0.444 e. The number of aromatic nitrogens is 1. The molecule has 1 N–H and O–H groups in total. The first kappa shape index (κ1) is 14.7. The number of likely N-dealkylation sites (N-methyl/N-ethyl adjacent to an activating group) is 1. The molecule has 0 bridgehead atoms. The van der Waals surface area contributed by atoms with Crippen molar-refractivity contribution < 1.29 is 9.21 Å². The zero-order valence-electron chi connectivity index (χ0n) is 11.9. The van der Waals surface area contributed by atoms with Crippen molar-refractivity contribution in [2.45, 2.75) is 26.4 Å². The van der Waals surface area contributed by atoms with E-state index in [2.05, 4.69) is 10.3 Å². The number of hydrogen-bond acceptors (Lipinski definition) is 5. The van der Waals surface area contributed by atoms with Crippen molar-refractivity contribution in [3.8, 4) is 10.8 Å². The van der Waals surface area contributed by atoms with Gasteiger partial charge in [-0.1, -0.05) is 6.07 Å². The highest BCUT2D eigenvalue weighted by Gasteiger charge is 2.12. The molecule has 5 nitrogen and oxygen atoms in total. The highest BCUT2D eigenvalue weighted by molar-refractivity contribution is 7.13. The van der Waals surface area contributed by atoms with Gasteiger partial charge in [0.1, 0.15) is 6.26 Å². The minimum absolute atomic E-state index is 0.0180. The average Bonchev–Trinajstić information content (AvgIpc) is 2.96. The smallest absolute Gasteiger partial charge is 0.236 e. The molecule has 0 radical (unpaired) electrons. The van der Waals surface area contributed by atoms with Crippen LogP contribution in [0.3, 0.4) is 0 Å². The molecule has 0 aliphatic rings. The van der Waals surface area contributed by atoms with E-state index < -0.39 is 0 Å². The summed E-state index contributed by atoms with van der Waals surface area (Å²) < 4.78 is 5.45. The van der Waals surface area contributed by atoms with Crippen LogP contribution in [-0.4, -0.2) is 35.4 Å². The van der Waals surface area contributed by atoms with Gasteiger partial charge >= 0.3 is 0 Å². The molecule has 0 saturated carbocycles. The first-order chi connectivity index (χ1) is 9.54. The van der Waals surface area contributed by atoms with Gasteiger partial charge in [0.2, 0.25) is 11.8 Å². The molecule has 0 atom stereocenters. The fraction of sp³-hybridized carbons (Fsp3) is 0.429. The van der Waals surface area contributed by atoms with Gasteiger partial charge in [-0.05, 0) is 32.3 Å². The fourth-order valence-corrected chi connectivity index (χ4v) is 2.49. The molecular formula is C14H19N3O2S. The summed E-state index contributed by atoms with van der Waals surface area (Å²) in [5.74, 6) is 0.652. The van der Waals surface area contributed by atoms with Crippen LogP contribution in [-0.2, 0) is 11.3 Å². The summed E-state index contributed by atoms with van der Waals surface area (Å²) in [5, 5.41) is 4.85. The Morgan fingerprint density at radius 3 is 3.00 bits per heavy atom. The van der Waals surface area contributed by atoms with Crippen molar-refractivity contribution in [2.75, 3.05) is 13.6 Å². The van der Waals surface area contributed by atoms with E-state index in [9.17, 15) is 4.79 Å². The fourth-order valence-electron chi connectivity index (χ4n) is 1.84. The van der Waals surface area contributed by atoms with Gasteiger partial charge < -0.3 is 9.73 Å². The van der Waals surface area contributed by atoms with E-state index in [0.717, 1.165) is 10.6 Å². The number of oxazole rings is 1. The molecule has 0 unspecified atom stereocenters. The molecule has 6 heteroatoms. The molecule has 0 aromatic carbocycles. The lowest BCUT2D eigenvalue weighted by atomic mass is 10.3. The molecule has 0 aliphatic heterocycles. The second kappa shape index (κ2) is 6.67. The van der Waals surface area contributed by atoms with E-state index in [1.54, 1.807) is 17.6 Å². The van der Waals surface area contributed by atoms with Crippen LogP contribution in [0.25, 0.3) is 10.8 Å². The number of hydrogen-bond donors (Lipinski definition) is 1. The maximum Gasteiger partial charge on any atom is 0.236 e. The maximum absolute atomic E-state index is 11.7. The summed E-state index contributed by atoms with van der Waals surface area (Å²) >= 11 is 1.59. The number of amides is 1. The SMILES string of the molecule is CC(C)NC(=O)CN(C)Cc1coc(-c2cccs2)n1. The highest BCUT2D eigenvalue weighted by Crippen LogP contribution is 2.23. The Labute approximate surface area is 122 Å². The van der Waals surface area contributed by atoms with E-state index in [0.29, 0.717) is 19.0 Å². The van der Waals surface area contributed by atoms with Gasteiger partial charge in [0, 0.05) is 12.6 Å². The summed E-state index contributed by atoms with van der Waals surface area (Å²) in [5.41, 5.74) is 0.827. The number of nitrogens with one attached hydrogen (secondary N) is 1. The lowest BCUT2D eigenvalue weighted by Crippen LogP contribution is -2.38. The van der Waals surface area contributed by atoms with Gasteiger partial charge in [-0.15, -0.1) is 11.3 Å². The van der Waals surface area contributed by atoms with Crippen LogP contribution < -0.4 is 5.32 Å². The molecule has 0 fully saturated rings. The Morgan fingerprint density at radius 2 is 2.35 bits per heavy atom. The Bertz CT molecular complexity index is 549. The van der Waals surface area contributed by atoms with Crippen molar-refractivity contribution in [3.63, 3.8) is 0 Å². The standard InChI is InChI=1S/C14H19N3O2S/c1-10(2)15-13(18)8-17(3)7-11-9-19-14(16-11)12-5-4-6-20-12/h4-6,9-10H,7-8H2,1-3H3,(H,15,18). The lowest BCUT2D eigenvalue weighted by molar-refractivity contribution is -0.122. The molecule has 2 aromatic rings. The lowest BCUT2D eigenvalue weighted by Gasteiger charge is -2.15. The Hall–Kier alpha value is -1.66. The van der Waals surface area contributed by atoms with Gasteiger partial charge in [0.05, 0.1) is 17.1 Å². The van der Waals surface area contributed by atoms with Gasteiger partial charge in [0.25, 0.3) is 0 Å². The van der Waals surface area contributed by atoms with Crippen molar-refractivity contribution >= 4 is 17.2 Å². The molecule has 1 amide bonds. The molecule has 20 heavy (non-hydrogen) atoms. The van der Waals surface area contributed by atoms with Gasteiger partial charge in [-0.25, -0.2) is 4.98 Å². The summed E-state index contributed by atoms with van der Waals surface area (Å²) in [6, 6.07) is 4.10. The molecule has 2 heterocycles. The van der Waals surface area contributed by atoms with E-state index in [1.165, 1.54) is 0 Å². The first-order valence-corrected chi connectivity index (χ1v) is 7.38. The quantitative estimate of drug-likeness (QED) is 0.888. The first-order valence-electron chi connectivity index (χ1n) is 6.51. The molecule has 2 aromatic heterocycles. The molecule has 2 rings (SSSR count). The average molecular weight is 293 g/mol. The molecule has 0 aliphatic carbocycles. The Balaban J connectivity index is 1.89. The van der Waals surface area contributed by atoms with Crippen LogP contribution in [0.2, 0.25) is 0 Å². The predicted octanol–water partition coefficient (Wildman–Crippen LogP) is 2.36.